The van der Waals surface area contributed by atoms with Crippen molar-refractivity contribution in [3.63, 3.8) is 0 Å². The van der Waals surface area contributed by atoms with Crippen LogP contribution in [0.25, 0.3) is 0 Å². The van der Waals surface area contributed by atoms with Gasteiger partial charge in [0.2, 0.25) is 5.91 Å². The van der Waals surface area contributed by atoms with E-state index in [-0.39, 0.29) is 11.8 Å². The molecule has 3 nitrogen and oxygen atoms in total. The molecule has 16 heavy (non-hydrogen) atoms. The first kappa shape index (κ1) is 9.70. The van der Waals surface area contributed by atoms with E-state index in [1.165, 1.54) is 19.3 Å². The quantitative estimate of drug-likeness (QED) is 0.745. The number of anilines is 2. The van der Waals surface area contributed by atoms with Crippen molar-refractivity contribution in [3.05, 3.63) is 24.3 Å². The number of rotatable bonds is 2. The van der Waals surface area contributed by atoms with Crippen LogP contribution in [0.5, 0.6) is 0 Å². The number of hydrogen-bond acceptors (Lipinski definition) is 2. The third kappa shape index (κ3) is 1.56. The smallest absolute Gasteiger partial charge is 0.228 e. The van der Waals surface area contributed by atoms with Gasteiger partial charge in [-0.2, -0.15) is 0 Å². The van der Waals surface area contributed by atoms with Crippen molar-refractivity contribution in [2.24, 2.45) is 17.8 Å². The SMILES string of the molecule is Nc1cccc(NC(=O)C2C3CCCC32)c1. The van der Waals surface area contributed by atoms with E-state index in [2.05, 4.69) is 5.32 Å². The summed E-state index contributed by atoms with van der Waals surface area (Å²) in [5.74, 6) is 1.79. The zero-order valence-electron chi connectivity index (χ0n) is 9.15. The maximum atomic E-state index is 11.9. The zero-order chi connectivity index (χ0) is 11.1. The highest BCUT2D eigenvalue weighted by Gasteiger charge is 2.56. The minimum absolute atomic E-state index is 0.181. The fraction of sp³-hybridized carbons (Fsp3) is 0.462. The molecule has 0 saturated heterocycles. The molecule has 1 amide bonds. The van der Waals surface area contributed by atoms with Gasteiger partial charge in [-0.3, -0.25) is 4.79 Å². The second kappa shape index (κ2) is 3.51. The predicted molar refractivity (Wildman–Crippen MR) is 63.8 cm³/mol. The van der Waals surface area contributed by atoms with Crippen LogP contribution in [0.2, 0.25) is 0 Å². The van der Waals surface area contributed by atoms with Gasteiger partial charge in [0.25, 0.3) is 0 Å². The minimum Gasteiger partial charge on any atom is -0.399 e. The van der Waals surface area contributed by atoms with Gasteiger partial charge in [0.15, 0.2) is 0 Å². The average molecular weight is 216 g/mol. The van der Waals surface area contributed by atoms with Gasteiger partial charge in [-0.1, -0.05) is 12.5 Å². The second-order valence-electron chi connectivity index (χ2n) is 4.90. The van der Waals surface area contributed by atoms with Crippen molar-refractivity contribution in [1.82, 2.24) is 0 Å². The summed E-state index contributed by atoms with van der Waals surface area (Å²) < 4.78 is 0. The van der Waals surface area contributed by atoms with Crippen molar-refractivity contribution in [2.45, 2.75) is 19.3 Å². The zero-order valence-corrected chi connectivity index (χ0v) is 9.15. The molecule has 3 N–H and O–H groups in total. The van der Waals surface area contributed by atoms with E-state index >= 15 is 0 Å². The molecule has 2 saturated carbocycles. The Morgan fingerprint density at radius 3 is 2.75 bits per heavy atom. The molecule has 3 heteroatoms. The van der Waals surface area contributed by atoms with E-state index in [1.807, 2.05) is 18.2 Å². The predicted octanol–water partition coefficient (Wildman–Crippen LogP) is 2.25. The van der Waals surface area contributed by atoms with Crippen LogP contribution in [0.4, 0.5) is 11.4 Å². The Hall–Kier alpha value is -1.51. The molecule has 1 aromatic rings. The van der Waals surface area contributed by atoms with Crippen LogP contribution in [0.1, 0.15) is 19.3 Å². The van der Waals surface area contributed by atoms with E-state index in [4.69, 9.17) is 5.73 Å². The summed E-state index contributed by atoms with van der Waals surface area (Å²) in [5.41, 5.74) is 7.17. The maximum Gasteiger partial charge on any atom is 0.228 e. The third-order valence-electron chi connectivity index (χ3n) is 3.86. The van der Waals surface area contributed by atoms with Gasteiger partial charge >= 0.3 is 0 Å². The highest BCUT2D eigenvalue weighted by molar-refractivity contribution is 5.95. The standard InChI is InChI=1S/C13H16N2O/c14-8-3-1-4-9(7-8)15-13(16)12-10-5-2-6-11(10)12/h1,3-4,7,10-12H,2,5-6,14H2,(H,15,16). The van der Waals surface area contributed by atoms with Crippen LogP contribution in [0, 0.1) is 17.8 Å². The van der Waals surface area contributed by atoms with E-state index < -0.39 is 0 Å². The van der Waals surface area contributed by atoms with E-state index in [0.29, 0.717) is 17.5 Å². The normalized spacial score (nSPS) is 30.9. The lowest BCUT2D eigenvalue weighted by Gasteiger charge is -2.06. The first-order valence-electron chi connectivity index (χ1n) is 5.92. The van der Waals surface area contributed by atoms with Crippen molar-refractivity contribution in [3.8, 4) is 0 Å². The molecule has 0 aliphatic heterocycles. The Morgan fingerprint density at radius 2 is 2.06 bits per heavy atom. The Morgan fingerprint density at radius 1 is 1.31 bits per heavy atom. The van der Waals surface area contributed by atoms with Crippen molar-refractivity contribution in [1.29, 1.82) is 0 Å². The van der Waals surface area contributed by atoms with Gasteiger partial charge in [-0.15, -0.1) is 0 Å². The molecule has 2 unspecified atom stereocenters. The van der Waals surface area contributed by atoms with Crippen LogP contribution in [0.15, 0.2) is 24.3 Å². The Kier molecular flexibility index (Phi) is 2.13. The number of nitrogen functional groups attached to an aromatic ring is 1. The van der Waals surface area contributed by atoms with E-state index in [1.54, 1.807) is 6.07 Å². The van der Waals surface area contributed by atoms with Crippen LogP contribution in [-0.4, -0.2) is 5.91 Å². The molecule has 1 aromatic carbocycles. The van der Waals surface area contributed by atoms with Crippen LogP contribution < -0.4 is 11.1 Å². The van der Waals surface area contributed by atoms with Crippen LogP contribution >= 0.6 is 0 Å². The first-order chi connectivity index (χ1) is 7.75. The average Bonchev–Trinajstić information content (AvgIpc) is 2.73. The van der Waals surface area contributed by atoms with Gasteiger partial charge in [0.1, 0.15) is 0 Å². The highest BCUT2D eigenvalue weighted by Crippen LogP contribution is 2.57. The summed E-state index contributed by atoms with van der Waals surface area (Å²) in [6.07, 6.45) is 3.77. The largest absolute Gasteiger partial charge is 0.399 e. The van der Waals surface area contributed by atoms with E-state index in [0.717, 1.165) is 5.69 Å². The lowest BCUT2D eigenvalue weighted by molar-refractivity contribution is -0.118. The summed E-state index contributed by atoms with van der Waals surface area (Å²) in [5, 5.41) is 2.95. The molecule has 0 bridgehead atoms. The number of carbonyl (C=O) groups excluding carboxylic acids is 1. The minimum atomic E-state index is 0.181. The fourth-order valence-electron chi connectivity index (χ4n) is 3.05. The summed E-state index contributed by atoms with van der Waals surface area (Å²) in [6, 6.07) is 7.36. The molecule has 2 aliphatic rings. The summed E-state index contributed by atoms with van der Waals surface area (Å²) in [4.78, 5) is 11.9. The second-order valence-corrected chi connectivity index (χ2v) is 4.90. The number of nitrogens with one attached hydrogen (secondary N) is 1. The van der Waals surface area contributed by atoms with Gasteiger partial charge in [0.05, 0.1) is 0 Å². The number of carbonyl (C=O) groups is 1. The molecular formula is C13H16N2O. The topological polar surface area (TPSA) is 55.1 Å². The number of nitrogens with two attached hydrogens (primary N) is 1. The molecule has 2 aliphatic carbocycles. The Labute approximate surface area is 95.0 Å². The van der Waals surface area contributed by atoms with Gasteiger partial charge in [-0.25, -0.2) is 0 Å². The first-order valence-corrected chi connectivity index (χ1v) is 5.92. The molecule has 0 radical (unpaired) electrons. The van der Waals surface area contributed by atoms with Crippen molar-refractivity contribution < 1.29 is 4.79 Å². The summed E-state index contributed by atoms with van der Waals surface area (Å²) >= 11 is 0. The van der Waals surface area contributed by atoms with Gasteiger partial charge < -0.3 is 11.1 Å². The molecule has 84 valence electrons. The van der Waals surface area contributed by atoms with Gasteiger partial charge in [-0.05, 0) is 42.9 Å². The number of amides is 1. The lowest BCUT2D eigenvalue weighted by atomic mass is 10.1. The number of hydrogen-bond donors (Lipinski definition) is 2. The van der Waals surface area contributed by atoms with Crippen molar-refractivity contribution in [2.75, 3.05) is 11.1 Å². The van der Waals surface area contributed by atoms with Crippen LogP contribution in [-0.2, 0) is 4.79 Å². The maximum absolute atomic E-state index is 11.9. The molecule has 3 rings (SSSR count). The van der Waals surface area contributed by atoms with Gasteiger partial charge in [0, 0.05) is 17.3 Å². The molecule has 2 fully saturated rings. The Bertz CT molecular complexity index is 420. The fourth-order valence-corrected chi connectivity index (χ4v) is 3.05. The molecule has 2 atom stereocenters. The molecular weight excluding hydrogens is 200 g/mol. The summed E-state index contributed by atoms with van der Waals surface area (Å²) in [6.45, 7) is 0. The number of fused-ring (bicyclic) bond motifs is 1. The Balaban J connectivity index is 1.65. The molecule has 0 spiro atoms. The third-order valence-corrected chi connectivity index (χ3v) is 3.86. The number of benzene rings is 1. The molecule has 0 heterocycles. The lowest BCUT2D eigenvalue weighted by Crippen LogP contribution is -2.16. The van der Waals surface area contributed by atoms with Crippen molar-refractivity contribution >= 4 is 17.3 Å². The monoisotopic (exact) mass is 216 g/mol. The molecule has 0 aromatic heterocycles. The van der Waals surface area contributed by atoms with E-state index in [9.17, 15) is 4.79 Å². The highest BCUT2D eigenvalue weighted by atomic mass is 16.2. The van der Waals surface area contributed by atoms with Crippen LogP contribution in [0.3, 0.4) is 0 Å². The summed E-state index contributed by atoms with van der Waals surface area (Å²) in [7, 11) is 0.